The van der Waals surface area contributed by atoms with Crippen molar-refractivity contribution in [3.63, 3.8) is 0 Å². The van der Waals surface area contributed by atoms with Gasteiger partial charge in [0.15, 0.2) is 5.76 Å². The SMILES string of the molecule is COC(=O)c1c(NC2CCCCC2)oc(-c2ccccc2Cl)c1C(=O)OC. The third-order valence-electron chi connectivity index (χ3n) is 4.75. The normalized spacial score (nSPS) is 14.6. The number of methoxy groups -OCH3 is 2. The molecule has 0 spiro atoms. The number of hydrogen-bond acceptors (Lipinski definition) is 6. The highest BCUT2D eigenvalue weighted by atomic mass is 35.5. The van der Waals surface area contributed by atoms with Crippen LogP contribution in [0.4, 0.5) is 5.88 Å². The number of furan rings is 1. The van der Waals surface area contributed by atoms with Crippen molar-refractivity contribution in [3.8, 4) is 11.3 Å². The summed E-state index contributed by atoms with van der Waals surface area (Å²) in [6.07, 6.45) is 5.34. The lowest BCUT2D eigenvalue weighted by Gasteiger charge is -2.22. The van der Waals surface area contributed by atoms with Crippen molar-refractivity contribution in [3.05, 3.63) is 40.4 Å². The van der Waals surface area contributed by atoms with Gasteiger partial charge < -0.3 is 19.2 Å². The number of esters is 2. The first-order valence-electron chi connectivity index (χ1n) is 8.91. The van der Waals surface area contributed by atoms with E-state index in [1.165, 1.54) is 20.6 Å². The molecule has 27 heavy (non-hydrogen) atoms. The lowest BCUT2D eigenvalue weighted by Crippen LogP contribution is -2.23. The highest BCUT2D eigenvalue weighted by Crippen LogP contribution is 2.39. The summed E-state index contributed by atoms with van der Waals surface area (Å²) < 4.78 is 15.8. The van der Waals surface area contributed by atoms with E-state index in [1.807, 2.05) is 0 Å². The van der Waals surface area contributed by atoms with E-state index in [2.05, 4.69) is 5.32 Å². The van der Waals surface area contributed by atoms with Crippen molar-refractivity contribution in [1.29, 1.82) is 0 Å². The fourth-order valence-electron chi connectivity index (χ4n) is 3.39. The van der Waals surface area contributed by atoms with Crippen LogP contribution in [-0.4, -0.2) is 32.2 Å². The van der Waals surface area contributed by atoms with E-state index in [0.29, 0.717) is 10.6 Å². The smallest absolute Gasteiger partial charge is 0.344 e. The van der Waals surface area contributed by atoms with E-state index >= 15 is 0 Å². The predicted molar refractivity (Wildman–Crippen MR) is 102 cm³/mol. The van der Waals surface area contributed by atoms with Gasteiger partial charge in [-0.3, -0.25) is 0 Å². The molecule has 0 saturated heterocycles. The Balaban J connectivity index is 2.16. The zero-order valence-corrected chi connectivity index (χ0v) is 16.1. The molecule has 0 atom stereocenters. The number of nitrogens with one attached hydrogen (secondary N) is 1. The summed E-state index contributed by atoms with van der Waals surface area (Å²) in [4.78, 5) is 25.0. The van der Waals surface area contributed by atoms with Gasteiger partial charge in [-0.25, -0.2) is 9.59 Å². The Morgan fingerprint density at radius 1 is 1.04 bits per heavy atom. The second kappa shape index (κ2) is 8.48. The van der Waals surface area contributed by atoms with Gasteiger partial charge in [0, 0.05) is 11.6 Å². The number of rotatable bonds is 5. The Bertz CT molecular complexity index is 839. The van der Waals surface area contributed by atoms with Crippen LogP contribution in [0.5, 0.6) is 0 Å². The van der Waals surface area contributed by atoms with Crippen LogP contribution in [0.15, 0.2) is 28.7 Å². The van der Waals surface area contributed by atoms with E-state index in [0.717, 1.165) is 25.7 Å². The minimum atomic E-state index is -0.689. The molecule has 0 unspecified atom stereocenters. The number of carbonyl (C=O) groups excluding carboxylic acids is 2. The van der Waals surface area contributed by atoms with E-state index in [-0.39, 0.29) is 28.8 Å². The van der Waals surface area contributed by atoms with Crippen LogP contribution in [0, 0.1) is 0 Å². The van der Waals surface area contributed by atoms with E-state index in [9.17, 15) is 9.59 Å². The fraction of sp³-hybridized carbons (Fsp3) is 0.400. The van der Waals surface area contributed by atoms with Crippen molar-refractivity contribution in [2.24, 2.45) is 0 Å². The lowest BCUT2D eigenvalue weighted by molar-refractivity contribution is 0.0558. The molecule has 1 saturated carbocycles. The molecule has 1 heterocycles. The van der Waals surface area contributed by atoms with Crippen molar-refractivity contribution in [2.75, 3.05) is 19.5 Å². The molecular weight excluding hydrogens is 370 g/mol. The van der Waals surface area contributed by atoms with Gasteiger partial charge in [0.2, 0.25) is 5.88 Å². The molecular formula is C20H22ClNO5. The van der Waals surface area contributed by atoms with Gasteiger partial charge in [0.05, 0.1) is 19.2 Å². The summed E-state index contributed by atoms with van der Waals surface area (Å²) in [5.74, 6) is -0.961. The van der Waals surface area contributed by atoms with Crippen LogP contribution in [0.2, 0.25) is 5.02 Å². The monoisotopic (exact) mass is 391 g/mol. The number of carbonyl (C=O) groups is 2. The number of anilines is 1. The average Bonchev–Trinajstić information content (AvgIpc) is 3.06. The van der Waals surface area contributed by atoms with E-state index in [4.69, 9.17) is 25.5 Å². The van der Waals surface area contributed by atoms with Gasteiger partial charge in [-0.05, 0) is 25.0 Å². The second-order valence-electron chi connectivity index (χ2n) is 6.45. The first-order chi connectivity index (χ1) is 13.1. The Morgan fingerprint density at radius 3 is 2.30 bits per heavy atom. The minimum Gasteiger partial charge on any atom is -0.465 e. The molecule has 1 aromatic heterocycles. The summed E-state index contributed by atoms with van der Waals surface area (Å²) >= 11 is 6.30. The highest BCUT2D eigenvalue weighted by molar-refractivity contribution is 6.33. The highest BCUT2D eigenvalue weighted by Gasteiger charge is 2.34. The maximum atomic E-state index is 12.5. The largest absolute Gasteiger partial charge is 0.465 e. The number of hydrogen-bond donors (Lipinski definition) is 1. The predicted octanol–water partition coefficient (Wildman–Crippen LogP) is 4.92. The van der Waals surface area contributed by atoms with Crippen LogP contribution >= 0.6 is 11.6 Å². The van der Waals surface area contributed by atoms with Crippen molar-refractivity contribution < 1.29 is 23.5 Å². The maximum absolute atomic E-state index is 12.5. The summed E-state index contributed by atoms with van der Waals surface area (Å²) in [6.45, 7) is 0. The van der Waals surface area contributed by atoms with Gasteiger partial charge in [-0.2, -0.15) is 0 Å². The first-order valence-corrected chi connectivity index (χ1v) is 9.29. The third-order valence-corrected chi connectivity index (χ3v) is 5.08. The molecule has 0 aliphatic heterocycles. The average molecular weight is 392 g/mol. The summed E-state index contributed by atoms with van der Waals surface area (Å²) in [5, 5.41) is 3.68. The topological polar surface area (TPSA) is 77.8 Å². The molecule has 144 valence electrons. The van der Waals surface area contributed by atoms with Crippen LogP contribution < -0.4 is 5.32 Å². The van der Waals surface area contributed by atoms with Gasteiger partial charge in [-0.1, -0.05) is 43.0 Å². The van der Waals surface area contributed by atoms with Crippen molar-refractivity contribution in [1.82, 2.24) is 0 Å². The maximum Gasteiger partial charge on any atom is 0.344 e. The molecule has 1 aliphatic rings. The van der Waals surface area contributed by atoms with Gasteiger partial charge in [0.1, 0.15) is 11.1 Å². The zero-order valence-electron chi connectivity index (χ0n) is 15.3. The third kappa shape index (κ3) is 3.95. The molecule has 0 bridgehead atoms. The lowest BCUT2D eigenvalue weighted by atomic mass is 9.95. The first kappa shape index (κ1) is 19.3. The Morgan fingerprint density at radius 2 is 1.67 bits per heavy atom. The molecule has 0 radical (unpaired) electrons. The molecule has 1 N–H and O–H groups in total. The van der Waals surface area contributed by atoms with Crippen LogP contribution in [0.25, 0.3) is 11.3 Å². The Kier molecular flexibility index (Phi) is 6.06. The van der Waals surface area contributed by atoms with Gasteiger partial charge in [-0.15, -0.1) is 0 Å². The quantitative estimate of drug-likeness (QED) is 0.729. The summed E-state index contributed by atoms with van der Waals surface area (Å²) in [7, 11) is 2.51. The summed E-state index contributed by atoms with van der Waals surface area (Å²) in [6, 6.07) is 7.12. The van der Waals surface area contributed by atoms with E-state index in [1.54, 1.807) is 24.3 Å². The Hall–Kier alpha value is -2.47. The molecule has 1 aromatic carbocycles. The molecule has 3 rings (SSSR count). The minimum absolute atomic E-state index is 0.00996. The molecule has 6 nitrogen and oxygen atoms in total. The number of halogens is 1. The van der Waals surface area contributed by atoms with Crippen LogP contribution in [0.3, 0.4) is 0 Å². The van der Waals surface area contributed by atoms with E-state index < -0.39 is 11.9 Å². The van der Waals surface area contributed by atoms with Crippen molar-refractivity contribution >= 4 is 29.4 Å². The standard InChI is InChI=1S/C20H22ClNO5/c1-25-19(23)15-16(20(24)26-2)18(22-12-8-4-3-5-9-12)27-17(15)13-10-6-7-11-14(13)21/h6-7,10-12,22H,3-5,8-9H2,1-2H3. The van der Waals surface area contributed by atoms with Gasteiger partial charge >= 0.3 is 11.9 Å². The molecule has 2 aromatic rings. The summed E-state index contributed by atoms with van der Waals surface area (Å²) in [5.41, 5.74) is 0.544. The van der Waals surface area contributed by atoms with Crippen molar-refractivity contribution in [2.45, 2.75) is 38.1 Å². The van der Waals surface area contributed by atoms with Crippen LogP contribution in [0.1, 0.15) is 52.8 Å². The van der Waals surface area contributed by atoms with Gasteiger partial charge in [0.25, 0.3) is 0 Å². The fourth-order valence-corrected chi connectivity index (χ4v) is 3.62. The Labute approximate surface area is 162 Å². The number of benzene rings is 1. The zero-order chi connectivity index (χ0) is 19.4. The second-order valence-corrected chi connectivity index (χ2v) is 6.86. The molecule has 1 fully saturated rings. The van der Waals surface area contributed by atoms with Crippen LogP contribution in [-0.2, 0) is 9.47 Å². The number of ether oxygens (including phenoxy) is 2. The molecule has 7 heteroatoms. The molecule has 0 amide bonds. The molecule has 1 aliphatic carbocycles.